The minimum Gasteiger partial charge on any atom is -0.462 e. The summed E-state index contributed by atoms with van der Waals surface area (Å²) in [5, 5.41) is 0. The molecular weight excluding hydrogens is 247 g/mol. The Balaban J connectivity index is 2.82. The van der Waals surface area contributed by atoms with Gasteiger partial charge in [-0.15, -0.1) is 11.3 Å². The van der Waals surface area contributed by atoms with Gasteiger partial charge in [0.05, 0.1) is 6.61 Å². The average molecular weight is 253 g/mol. The van der Waals surface area contributed by atoms with E-state index in [9.17, 15) is 9.18 Å². The summed E-state index contributed by atoms with van der Waals surface area (Å²) in [6.07, 6.45) is 0. The molecular formula is C7H6BrFO2S. The van der Waals surface area contributed by atoms with Crippen molar-refractivity contribution in [3.63, 3.8) is 0 Å². The maximum atomic E-state index is 12.7. The molecule has 0 saturated heterocycles. The maximum Gasteiger partial charge on any atom is 0.348 e. The summed E-state index contributed by atoms with van der Waals surface area (Å²) in [6, 6.07) is 1.16. The molecule has 1 rings (SSSR count). The van der Waals surface area contributed by atoms with Crippen molar-refractivity contribution < 1.29 is 13.9 Å². The topological polar surface area (TPSA) is 26.3 Å². The summed E-state index contributed by atoms with van der Waals surface area (Å²) in [5.41, 5.74) is 0. The van der Waals surface area contributed by atoms with E-state index in [2.05, 4.69) is 20.7 Å². The number of esters is 1. The first-order valence-corrected chi connectivity index (χ1v) is 4.88. The van der Waals surface area contributed by atoms with Crippen molar-refractivity contribution in [3.8, 4) is 0 Å². The number of carbonyl (C=O) groups excluding carboxylic acids is 1. The van der Waals surface area contributed by atoms with Gasteiger partial charge in [0.25, 0.3) is 0 Å². The Morgan fingerprint density at radius 1 is 1.83 bits per heavy atom. The number of thiophene rings is 1. The lowest BCUT2D eigenvalue weighted by Gasteiger charge is -1.95. The molecule has 1 aromatic heterocycles. The van der Waals surface area contributed by atoms with Crippen LogP contribution in [0.5, 0.6) is 0 Å². The Hall–Kier alpha value is -0.420. The fourth-order valence-corrected chi connectivity index (χ4v) is 1.94. The Kier molecular flexibility index (Phi) is 3.22. The first-order chi connectivity index (χ1) is 5.65. The van der Waals surface area contributed by atoms with Crippen molar-refractivity contribution in [2.75, 3.05) is 6.61 Å². The smallest absolute Gasteiger partial charge is 0.348 e. The van der Waals surface area contributed by atoms with Crippen LogP contribution >= 0.6 is 27.3 Å². The van der Waals surface area contributed by atoms with E-state index in [4.69, 9.17) is 0 Å². The van der Waals surface area contributed by atoms with Gasteiger partial charge in [-0.25, -0.2) is 9.18 Å². The second-order valence-corrected chi connectivity index (χ2v) is 4.32. The van der Waals surface area contributed by atoms with Crippen LogP contribution in [0.4, 0.5) is 4.39 Å². The highest BCUT2D eigenvalue weighted by Gasteiger charge is 2.13. The Morgan fingerprint density at radius 2 is 2.50 bits per heavy atom. The zero-order valence-electron chi connectivity index (χ0n) is 6.27. The predicted molar refractivity (Wildman–Crippen MR) is 47.9 cm³/mol. The van der Waals surface area contributed by atoms with Crippen molar-refractivity contribution in [2.45, 2.75) is 6.92 Å². The van der Waals surface area contributed by atoms with Crippen molar-refractivity contribution in [1.82, 2.24) is 0 Å². The highest BCUT2D eigenvalue weighted by Crippen LogP contribution is 2.26. The number of ether oxygens (including phenoxy) is 1. The van der Waals surface area contributed by atoms with Gasteiger partial charge < -0.3 is 4.74 Å². The van der Waals surface area contributed by atoms with Crippen LogP contribution in [0.15, 0.2) is 9.85 Å². The number of carbonyl (C=O) groups is 1. The van der Waals surface area contributed by atoms with E-state index in [1.54, 1.807) is 6.92 Å². The number of hydrogen-bond donors (Lipinski definition) is 0. The fraction of sp³-hybridized carbons (Fsp3) is 0.286. The van der Waals surface area contributed by atoms with Gasteiger partial charge >= 0.3 is 5.97 Å². The molecule has 0 amide bonds. The van der Waals surface area contributed by atoms with Gasteiger partial charge in [0.15, 0.2) is 0 Å². The molecule has 1 heterocycles. The minimum absolute atomic E-state index is 0.279. The quantitative estimate of drug-likeness (QED) is 0.757. The second-order valence-electron chi connectivity index (χ2n) is 1.95. The van der Waals surface area contributed by atoms with Gasteiger partial charge in [0, 0.05) is 6.07 Å². The van der Waals surface area contributed by atoms with Crippen molar-refractivity contribution in [2.24, 2.45) is 0 Å². The highest BCUT2D eigenvalue weighted by molar-refractivity contribution is 9.11. The molecule has 66 valence electrons. The van der Waals surface area contributed by atoms with Crippen LogP contribution in [0.25, 0.3) is 0 Å². The summed E-state index contributed by atoms with van der Waals surface area (Å²) in [6.45, 7) is 2.01. The second kappa shape index (κ2) is 4.00. The van der Waals surface area contributed by atoms with Crippen LogP contribution in [-0.4, -0.2) is 12.6 Å². The number of halogens is 2. The monoisotopic (exact) mass is 252 g/mol. The highest BCUT2D eigenvalue weighted by atomic mass is 79.9. The summed E-state index contributed by atoms with van der Waals surface area (Å²) in [5.74, 6) is -0.907. The summed E-state index contributed by atoms with van der Waals surface area (Å²) < 4.78 is 17.7. The van der Waals surface area contributed by atoms with Crippen LogP contribution in [0.3, 0.4) is 0 Å². The average Bonchev–Trinajstić information content (AvgIpc) is 2.33. The molecule has 2 nitrogen and oxygen atoms in total. The number of rotatable bonds is 2. The van der Waals surface area contributed by atoms with Gasteiger partial charge in [-0.3, -0.25) is 0 Å². The van der Waals surface area contributed by atoms with E-state index in [-0.39, 0.29) is 4.88 Å². The summed E-state index contributed by atoms with van der Waals surface area (Å²) >= 11 is 4.00. The van der Waals surface area contributed by atoms with E-state index in [0.29, 0.717) is 10.4 Å². The molecule has 0 aromatic carbocycles. The van der Waals surface area contributed by atoms with Crippen LogP contribution < -0.4 is 0 Å². The molecule has 0 aliphatic carbocycles. The molecule has 5 heteroatoms. The van der Waals surface area contributed by atoms with E-state index in [1.165, 1.54) is 0 Å². The zero-order valence-corrected chi connectivity index (χ0v) is 8.67. The van der Waals surface area contributed by atoms with Crippen LogP contribution in [-0.2, 0) is 4.74 Å². The van der Waals surface area contributed by atoms with Gasteiger partial charge in [-0.05, 0) is 22.9 Å². The lowest BCUT2D eigenvalue weighted by atomic mass is 10.5. The Morgan fingerprint density at radius 3 is 2.92 bits per heavy atom. The first-order valence-electron chi connectivity index (χ1n) is 3.27. The normalized spacial score (nSPS) is 9.92. The molecule has 0 aliphatic rings. The molecule has 0 N–H and O–H groups in total. The van der Waals surface area contributed by atoms with Crippen LogP contribution in [0, 0.1) is 5.82 Å². The molecule has 0 bridgehead atoms. The molecule has 0 radical (unpaired) electrons. The van der Waals surface area contributed by atoms with Crippen molar-refractivity contribution in [3.05, 3.63) is 20.5 Å². The third-order valence-electron chi connectivity index (χ3n) is 1.12. The lowest BCUT2D eigenvalue weighted by molar-refractivity contribution is 0.0532. The van der Waals surface area contributed by atoms with E-state index in [1.807, 2.05) is 0 Å². The molecule has 1 aromatic rings. The van der Waals surface area contributed by atoms with Gasteiger partial charge in [0.2, 0.25) is 0 Å². The fourth-order valence-electron chi connectivity index (χ4n) is 0.649. The van der Waals surface area contributed by atoms with Gasteiger partial charge in [0.1, 0.15) is 14.5 Å². The zero-order chi connectivity index (χ0) is 9.14. The SMILES string of the molecule is CCOC(=O)c1cc(F)c(Br)s1. The molecule has 0 spiro atoms. The van der Waals surface area contributed by atoms with Gasteiger partial charge in [-0.2, -0.15) is 0 Å². The van der Waals surface area contributed by atoms with Gasteiger partial charge in [-0.1, -0.05) is 0 Å². The van der Waals surface area contributed by atoms with E-state index < -0.39 is 11.8 Å². The largest absolute Gasteiger partial charge is 0.462 e. The molecule has 12 heavy (non-hydrogen) atoms. The molecule has 0 saturated carbocycles. The molecule has 0 aliphatic heterocycles. The predicted octanol–water partition coefficient (Wildman–Crippen LogP) is 2.83. The lowest BCUT2D eigenvalue weighted by Crippen LogP contribution is -2.01. The summed E-state index contributed by atoms with van der Waals surface area (Å²) in [7, 11) is 0. The maximum absolute atomic E-state index is 12.7. The standard InChI is InChI=1S/C7H6BrFO2S/c1-2-11-7(10)5-3-4(9)6(8)12-5/h3H,2H2,1H3. The Labute approximate surface area is 81.5 Å². The third kappa shape index (κ3) is 2.04. The van der Waals surface area contributed by atoms with Crippen LogP contribution in [0.2, 0.25) is 0 Å². The van der Waals surface area contributed by atoms with Crippen molar-refractivity contribution >= 4 is 33.2 Å². The summed E-state index contributed by atoms with van der Waals surface area (Å²) in [4.78, 5) is 11.3. The molecule has 0 fully saturated rings. The number of hydrogen-bond acceptors (Lipinski definition) is 3. The Bertz CT molecular complexity index is 278. The third-order valence-corrected chi connectivity index (χ3v) is 2.86. The van der Waals surface area contributed by atoms with E-state index >= 15 is 0 Å². The minimum atomic E-state index is -0.480. The van der Waals surface area contributed by atoms with Crippen LogP contribution in [0.1, 0.15) is 16.6 Å². The van der Waals surface area contributed by atoms with Crippen molar-refractivity contribution in [1.29, 1.82) is 0 Å². The van der Waals surface area contributed by atoms with E-state index in [0.717, 1.165) is 17.4 Å². The molecule has 0 unspecified atom stereocenters. The molecule has 0 atom stereocenters. The first kappa shape index (κ1) is 9.67.